The van der Waals surface area contributed by atoms with E-state index in [1.165, 1.54) is 47.0 Å². The molecular weight excluding hydrogens is 514 g/mol. The summed E-state index contributed by atoms with van der Waals surface area (Å²) in [6, 6.07) is 5.83. The molecule has 0 radical (unpaired) electrons. The second kappa shape index (κ2) is 10.9. The van der Waals surface area contributed by atoms with Crippen LogP contribution in [0, 0.1) is 0 Å². The third-order valence-corrected chi connectivity index (χ3v) is 8.98. The summed E-state index contributed by atoms with van der Waals surface area (Å²) in [6.07, 6.45) is 0.321. The fourth-order valence-electron chi connectivity index (χ4n) is 4.37. The van der Waals surface area contributed by atoms with Crippen molar-refractivity contribution in [3.8, 4) is 0 Å². The van der Waals surface area contributed by atoms with Crippen molar-refractivity contribution in [3.63, 3.8) is 0 Å². The molecule has 0 saturated carbocycles. The number of rotatable bonds is 5. The molecular formula is C23H30ClN3O6S2. The highest BCUT2D eigenvalue weighted by atomic mass is 35.5. The van der Waals surface area contributed by atoms with Crippen molar-refractivity contribution < 1.29 is 27.5 Å². The van der Waals surface area contributed by atoms with Crippen LogP contribution in [0.1, 0.15) is 45.0 Å². The van der Waals surface area contributed by atoms with E-state index in [-0.39, 0.29) is 42.6 Å². The molecule has 1 aromatic carbocycles. The number of methoxy groups -OCH3 is 1. The molecule has 1 amide bonds. The van der Waals surface area contributed by atoms with Crippen molar-refractivity contribution in [1.82, 2.24) is 9.21 Å². The van der Waals surface area contributed by atoms with E-state index in [1.807, 2.05) is 20.9 Å². The average molecular weight is 544 g/mol. The molecule has 1 N–H and O–H groups in total. The highest BCUT2D eigenvalue weighted by molar-refractivity contribution is 7.89. The van der Waals surface area contributed by atoms with E-state index in [0.717, 1.165) is 17.0 Å². The molecule has 1 fully saturated rings. The molecule has 0 aliphatic carbocycles. The Morgan fingerprint density at radius 1 is 1.14 bits per heavy atom. The van der Waals surface area contributed by atoms with Gasteiger partial charge in [-0.1, -0.05) is 0 Å². The number of nitrogens with zero attached hydrogens (tertiary/aromatic N) is 2. The zero-order valence-corrected chi connectivity index (χ0v) is 22.5. The zero-order valence-electron chi connectivity index (χ0n) is 20.1. The number of amides is 1. The van der Waals surface area contributed by atoms with Crippen molar-refractivity contribution in [2.45, 2.75) is 43.9 Å². The Hall–Kier alpha value is -2.02. The monoisotopic (exact) mass is 543 g/mol. The first-order valence-corrected chi connectivity index (χ1v) is 13.3. The number of anilines is 1. The van der Waals surface area contributed by atoms with Crippen LogP contribution in [0.5, 0.6) is 0 Å². The Balaban J connectivity index is 0.00000342. The molecule has 3 heterocycles. The van der Waals surface area contributed by atoms with Crippen LogP contribution in [0.3, 0.4) is 0 Å². The molecule has 35 heavy (non-hydrogen) atoms. The number of nitrogens with one attached hydrogen (secondary N) is 1. The summed E-state index contributed by atoms with van der Waals surface area (Å²) in [5.41, 5.74) is 1.61. The van der Waals surface area contributed by atoms with Crippen molar-refractivity contribution in [3.05, 3.63) is 45.8 Å². The number of esters is 1. The number of fused-ring (bicyclic) bond motifs is 1. The molecule has 0 bridgehead atoms. The first-order valence-electron chi connectivity index (χ1n) is 11.1. The van der Waals surface area contributed by atoms with Gasteiger partial charge in [-0.25, -0.2) is 13.2 Å². The largest absolute Gasteiger partial charge is 0.465 e. The Kier molecular flexibility index (Phi) is 8.61. The topological polar surface area (TPSA) is 105 Å². The number of sulfonamides is 1. The normalized spacial score (nSPS) is 21.0. The molecule has 2 unspecified atom stereocenters. The lowest BCUT2D eigenvalue weighted by Crippen LogP contribution is -2.48. The van der Waals surface area contributed by atoms with Crippen LogP contribution in [-0.4, -0.2) is 75.5 Å². The lowest BCUT2D eigenvalue weighted by molar-refractivity contribution is -0.0440. The summed E-state index contributed by atoms with van der Waals surface area (Å²) < 4.78 is 38.1. The summed E-state index contributed by atoms with van der Waals surface area (Å²) in [6.45, 7) is 5.76. The second-order valence-electron chi connectivity index (χ2n) is 8.75. The summed E-state index contributed by atoms with van der Waals surface area (Å²) >= 11 is 1.37. The van der Waals surface area contributed by atoms with Gasteiger partial charge in [0, 0.05) is 36.6 Å². The molecule has 2 aliphatic rings. The SMILES string of the molecule is COC(=O)c1c(NC(=O)c2ccc(S(=O)(=O)N3CC(C)OC(C)C3)cc2)sc2c1CCN(C)C2.Cl. The quantitative estimate of drug-likeness (QED) is 0.578. The first-order chi connectivity index (χ1) is 16.1. The van der Waals surface area contributed by atoms with E-state index < -0.39 is 21.9 Å². The van der Waals surface area contributed by atoms with E-state index in [0.29, 0.717) is 29.1 Å². The Bertz CT molecular complexity index is 1190. The number of likely N-dealkylation sites (N-methyl/N-ethyl adjacent to an activating group) is 1. The van der Waals surface area contributed by atoms with Crippen molar-refractivity contribution in [2.24, 2.45) is 0 Å². The number of hydrogen-bond donors (Lipinski definition) is 1. The van der Waals surface area contributed by atoms with E-state index in [2.05, 4.69) is 10.2 Å². The summed E-state index contributed by atoms with van der Waals surface area (Å²) in [5.74, 6) is -0.901. The number of ether oxygens (including phenoxy) is 2. The van der Waals surface area contributed by atoms with Crippen LogP contribution in [0.15, 0.2) is 29.2 Å². The maximum absolute atomic E-state index is 13.1. The molecule has 4 rings (SSSR count). The van der Waals surface area contributed by atoms with Gasteiger partial charge in [0.1, 0.15) is 5.00 Å². The smallest absolute Gasteiger partial charge is 0.341 e. The lowest BCUT2D eigenvalue weighted by atomic mass is 10.0. The Morgan fingerprint density at radius 2 is 1.77 bits per heavy atom. The minimum absolute atomic E-state index is 0. The number of halogens is 1. The zero-order chi connectivity index (χ0) is 24.6. The van der Waals surface area contributed by atoms with E-state index in [4.69, 9.17) is 9.47 Å². The maximum Gasteiger partial charge on any atom is 0.341 e. The van der Waals surface area contributed by atoms with Gasteiger partial charge in [-0.2, -0.15) is 4.31 Å². The number of benzene rings is 1. The van der Waals surface area contributed by atoms with Crippen LogP contribution in [0.4, 0.5) is 5.00 Å². The number of morpholine rings is 1. The number of thiophene rings is 1. The van der Waals surface area contributed by atoms with E-state index in [1.54, 1.807) is 0 Å². The molecule has 1 saturated heterocycles. The van der Waals surface area contributed by atoms with Gasteiger partial charge < -0.3 is 19.7 Å². The Morgan fingerprint density at radius 3 is 2.37 bits per heavy atom. The van der Waals surface area contributed by atoms with E-state index in [9.17, 15) is 18.0 Å². The average Bonchev–Trinajstić information content (AvgIpc) is 3.14. The van der Waals surface area contributed by atoms with Crippen molar-refractivity contribution in [2.75, 3.05) is 39.1 Å². The summed E-state index contributed by atoms with van der Waals surface area (Å²) in [5, 5.41) is 3.28. The second-order valence-corrected chi connectivity index (χ2v) is 11.8. The predicted molar refractivity (Wildman–Crippen MR) is 136 cm³/mol. The van der Waals surface area contributed by atoms with Crippen molar-refractivity contribution >= 4 is 50.6 Å². The van der Waals surface area contributed by atoms with Gasteiger partial charge in [-0.05, 0) is 57.1 Å². The molecule has 2 atom stereocenters. The fourth-order valence-corrected chi connectivity index (χ4v) is 7.27. The molecule has 2 aromatic rings. The first kappa shape index (κ1) is 27.6. The Labute approximate surface area is 215 Å². The highest BCUT2D eigenvalue weighted by Crippen LogP contribution is 2.37. The van der Waals surface area contributed by atoms with Gasteiger partial charge in [-0.3, -0.25) is 4.79 Å². The van der Waals surface area contributed by atoms with Gasteiger partial charge in [-0.15, -0.1) is 23.7 Å². The number of hydrogen-bond acceptors (Lipinski definition) is 8. The predicted octanol–water partition coefficient (Wildman–Crippen LogP) is 2.99. The molecule has 192 valence electrons. The standard InChI is InChI=1S/C23H29N3O6S2.ClH/c1-14-11-26(12-15(2)32-14)34(29,30)17-7-5-16(6-8-17)21(27)24-22-20(23(28)31-4)18-9-10-25(3)13-19(18)33-22;/h5-8,14-15H,9-13H2,1-4H3,(H,24,27);1H. The minimum atomic E-state index is -3.70. The molecule has 0 spiro atoms. The van der Waals surface area contributed by atoms with Gasteiger partial charge in [0.2, 0.25) is 10.0 Å². The van der Waals surface area contributed by atoms with E-state index >= 15 is 0 Å². The highest BCUT2D eigenvalue weighted by Gasteiger charge is 2.32. The van der Waals surface area contributed by atoms with Crippen LogP contribution in [0.25, 0.3) is 0 Å². The van der Waals surface area contributed by atoms with Gasteiger partial charge in [0.05, 0.1) is 29.8 Å². The molecule has 2 aliphatic heterocycles. The van der Waals surface area contributed by atoms with Gasteiger partial charge >= 0.3 is 5.97 Å². The van der Waals surface area contributed by atoms with Crippen LogP contribution in [0.2, 0.25) is 0 Å². The summed E-state index contributed by atoms with van der Waals surface area (Å²) in [7, 11) is -0.372. The van der Waals surface area contributed by atoms with Crippen molar-refractivity contribution in [1.29, 1.82) is 0 Å². The van der Waals surface area contributed by atoms with Gasteiger partial charge in [0.25, 0.3) is 5.91 Å². The maximum atomic E-state index is 13.1. The number of carbonyl (C=O) groups excluding carboxylic acids is 2. The minimum Gasteiger partial charge on any atom is -0.465 e. The summed E-state index contributed by atoms with van der Waals surface area (Å²) in [4.78, 5) is 28.7. The van der Waals surface area contributed by atoms with Gasteiger partial charge in [0.15, 0.2) is 0 Å². The third-order valence-electron chi connectivity index (χ3n) is 6.00. The lowest BCUT2D eigenvalue weighted by Gasteiger charge is -2.34. The van der Waals surface area contributed by atoms with Crippen LogP contribution < -0.4 is 5.32 Å². The fraction of sp³-hybridized carbons (Fsp3) is 0.478. The van der Waals surface area contributed by atoms with Crippen LogP contribution >= 0.6 is 23.7 Å². The molecule has 12 heteroatoms. The molecule has 1 aromatic heterocycles. The third kappa shape index (κ3) is 5.71. The molecule has 9 nitrogen and oxygen atoms in total. The van der Waals surface area contributed by atoms with Crippen LogP contribution in [-0.2, 0) is 32.5 Å². The number of carbonyl (C=O) groups is 2.